The summed E-state index contributed by atoms with van der Waals surface area (Å²) < 4.78 is 33.2. The number of ether oxygens (including phenoxy) is 1. The van der Waals surface area contributed by atoms with Crippen LogP contribution in [0.2, 0.25) is 0 Å². The van der Waals surface area contributed by atoms with Crippen LogP contribution in [0.25, 0.3) is 0 Å². The normalized spacial score (nSPS) is 19.1. The van der Waals surface area contributed by atoms with Gasteiger partial charge in [-0.3, -0.25) is 4.79 Å². The van der Waals surface area contributed by atoms with Gasteiger partial charge in [-0.2, -0.15) is 9.57 Å². The highest BCUT2D eigenvalue weighted by molar-refractivity contribution is 7.89. The first-order valence-corrected chi connectivity index (χ1v) is 10.2. The van der Waals surface area contributed by atoms with Crippen LogP contribution < -0.4 is 4.74 Å². The third-order valence-corrected chi connectivity index (χ3v) is 7.15. The lowest BCUT2D eigenvalue weighted by Gasteiger charge is -2.43. The van der Waals surface area contributed by atoms with E-state index >= 15 is 0 Å². The van der Waals surface area contributed by atoms with Gasteiger partial charge in [-0.25, -0.2) is 8.42 Å². The van der Waals surface area contributed by atoms with E-state index in [9.17, 15) is 13.2 Å². The van der Waals surface area contributed by atoms with Crippen LogP contribution in [-0.2, 0) is 10.0 Å². The number of carbonyl (C=O) groups excluding carboxylic acids is 1. The average molecular weight is 382 g/mol. The number of hydrogen-bond acceptors (Lipinski definition) is 5. The first-order valence-electron chi connectivity index (χ1n) is 8.75. The van der Waals surface area contributed by atoms with Gasteiger partial charge in [0.25, 0.3) is 0 Å². The van der Waals surface area contributed by atoms with Crippen LogP contribution in [0, 0.1) is 11.3 Å². The second-order valence-corrected chi connectivity index (χ2v) is 8.86. The molecule has 0 unspecified atom stereocenters. The highest BCUT2D eigenvalue weighted by Gasteiger charge is 2.45. The molecule has 0 saturated carbocycles. The smallest absolute Gasteiger partial charge is 0.243 e. The number of piperidine rings is 1. The molecule has 7 heteroatoms. The van der Waals surface area contributed by atoms with Crippen molar-refractivity contribution in [3.8, 4) is 11.8 Å². The summed E-state index contributed by atoms with van der Waals surface area (Å²) in [5.74, 6) is 0.414. The van der Waals surface area contributed by atoms with Gasteiger partial charge in [-0.05, 0) is 30.3 Å². The molecule has 0 amide bonds. The number of benzene rings is 2. The molecule has 27 heavy (non-hydrogen) atoms. The lowest BCUT2D eigenvalue weighted by molar-refractivity contribution is 0.00590. The summed E-state index contributed by atoms with van der Waals surface area (Å²) >= 11 is 0. The Hall–Kier alpha value is -2.69. The molecular formula is C20H18N2O4S. The van der Waals surface area contributed by atoms with Crippen molar-refractivity contribution in [3.63, 3.8) is 0 Å². The van der Waals surface area contributed by atoms with Crippen LogP contribution in [0.1, 0.15) is 35.2 Å². The molecule has 0 atom stereocenters. The maximum absolute atomic E-state index is 12.8. The Bertz CT molecular complexity index is 1030. The minimum absolute atomic E-state index is 0.0623. The van der Waals surface area contributed by atoms with Crippen molar-refractivity contribution in [3.05, 3.63) is 59.7 Å². The Morgan fingerprint density at radius 2 is 1.78 bits per heavy atom. The monoisotopic (exact) mass is 382 g/mol. The number of ketones is 1. The quantitative estimate of drug-likeness (QED) is 0.797. The van der Waals surface area contributed by atoms with Gasteiger partial charge in [-0.15, -0.1) is 0 Å². The SMILES string of the molecule is N#Cc1ccc2c(c1)C(=O)CC1(CCN(S(=O)(=O)c3ccccc3)CC1)O2. The molecule has 1 saturated heterocycles. The summed E-state index contributed by atoms with van der Waals surface area (Å²) in [6.45, 7) is 0.603. The highest BCUT2D eigenvalue weighted by atomic mass is 32.2. The van der Waals surface area contributed by atoms with Crippen molar-refractivity contribution in [2.24, 2.45) is 0 Å². The van der Waals surface area contributed by atoms with Crippen LogP contribution in [0.3, 0.4) is 0 Å². The largest absolute Gasteiger partial charge is 0.486 e. The lowest BCUT2D eigenvalue weighted by Crippen LogP contribution is -2.52. The molecule has 2 aliphatic rings. The number of sulfonamides is 1. The zero-order chi connectivity index (χ0) is 19.1. The molecule has 2 aromatic rings. The van der Waals surface area contributed by atoms with Crippen molar-refractivity contribution in [2.75, 3.05) is 13.1 Å². The minimum Gasteiger partial charge on any atom is -0.486 e. The molecular weight excluding hydrogens is 364 g/mol. The fourth-order valence-electron chi connectivity index (χ4n) is 3.72. The molecule has 0 N–H and O–H groups in total. The summed E-state index contributed by atoms with van der Waals surface area (Å²) in [5.41, 5.74) is 0.172. The second kappa shape index (κ2) is 6.48. The van der Waals surface area contributed by atoms with Crippen LogP contribution >= 0.6 is 0 Å². The predicted octanol–water partition coefficient (Wildman–Crippen LogP) is 2.75. The third kappa shape index (κ3) is 3.11. The Morgan fingerprint density at radius 3 is 2.44 bits per heavy atom. The van der Waals surface area contributed by atoms with Crippen LogP contribution in [0.4, 0.5) is 0 Å². The number of nitriles is 1. The summed E-state index contributed by atoms with van der Waals surface area (Å²) in [4.78, 5) is 12.9. The Balaban J connectivity index is 1.54. The Kier molecular flexibility index (Phi) is 4.25. The summed E-state index contributed by atoms with van der Waals surface area (Å²) in [6.07, 6.45) is 1.10. The number of fused-ring (bicyclic) bond motifs is 1. The van der Waals surface area contributed by atoms with E-state index < -0.39 is 15.6 Å². The Morgan fingerprint density at radius 1 is 1.07 bits per heavy atom. The fraction of sp³-hybridized carbons (Fsp3) is 0.300. The minimum atomic E-state index is -3.54. The Labute approximate surface area is 158 Å². The number of Topliss-reactive ketones (excluding diaryl/α,β-unsaturated/α-hetero) is 1. The van der Waals surface area contributed by atoms with Crippen molar-refractivity contribution in [1.29, 1.82) is 5.26 Å². The van der Waals surface area contributed by atoms with Gasteiger partial charge >= 0.3 is 0 Å². The molecule has 0 bridgehead atoms. The van der Waals surface area contributed by atoms with Crippen molar-refractivity contribution in [1.82, 2.24) is 4.31 Å². The fourth-order valence-corrected chi connectivity index (χ4v) is 5.18. The number of hydrogen-bond donors (Lipinski definition) is 0. The molecule has 6 nitrogen and oxygen atoms in total. The highest BCUT2D eigenvalue weighted by Crippen LogP contribution is 2.40. The van der Waals surface area contributed by atoms with E-state index in [4.69, 9.17) is 10.00 Å². The van der Waals surface area contributed by atoms with Gasteiger partial charge in [0, 0.05) is 25.9 Å². The van der Waals surface area contributed by atoms with Gasteiger partial charge < -0.3 is 4.74 Å². The zero-order valence-corrected chi connectivity index (χ0v) is 15.4. The molecule has 1 spiro atoms. The van der Waals surface area contributed by atoms with E-state index in [2.05, 4.69) is 0 Å². The molecule has 2 aliphatic heterocycles. The molecule has 0 aliphatic carbocycles. The van der Waals surface area contributed by atoms with E-state index in [1.54, 1.807) is 48.5 Å². The van der Waals surface area contributed by atoms with E-state index in [1.165, 1.54) is 4.31 Å². The third-order valence-electron chi connectivity index (χ3n) is 5.23. The molecule has 1 fully saturated rings. The topological polar surface area (TPSA) is 87.5 Å². The molecule has 0 radical (unpaired) electrons. The summed E-state index contributed by atoms with van der Waals surface area (Å²) in [6, 6.07) is 15.2. The van der Waals surface area contributed by atoms with Crippen molar-refractivity contribution >= 4 is 15.8 Å². The van der Waals surface area contributed by atoms with Crippen molar-refractivity contribution < 1.29 is 17.9 Å². The molecule has 138 valence electrons. The van der Waals surface area contributed by atoms with Gasteiger partial charge in [0.15, 0.2) is 5.78 Å². The standard InChI is InChI=1S/C20H18N2O4S/c21-14-15-6-7-19-17(12-15)18(23)13-20(26-19)8-10-22(11-9-20)27(24,25)16-4-2-1-3-5-16/h1-7,12H,8-11,13H2. The average Bonchev–Trinajstić information content (AvgIpc) is 2.69. The molecule has 4 rings (SSSR count). The van der Waals surface area contributed by atoms with Gasteiger partial charge in [-0.1, -0.05) is 18.2 Å². The zero-order valence-electron chi connectivity index (χ0n) is 14.6. The van der Waals surface area contributed by atoms with Crippen LogP contribution in [-0.4, -0.2) is 37.2 Å². The van der Waals surface area contributed by atoms with E-state index in [-0.39, 0.29) is 17.1 Å². The van der Waals surface area contributed by atoms with Crippen LogP contribution in [0.5, 0.6) is 5.75 Å². The molecule has 2 aromatic carbocycles. The van der Waals surface area contributed by atoms with Gasteiger partial charge in [0.05, 0.1) is 28.5 Å². The number of carbonyl (C=O) groups is 1. The lowest BCUT2D eigenvalue weighted by atomic mass is 9.83. The molecule has 0 aromatic heterocycles. The number of rotatable bonds is 2. The van der Waals surface area contributed by atoms with E-state index in [0.29, 0.717) is 42.8 Å². The van der Waals surface area contributed by atoms with E-state index in [1.807, 2.05) is 6.07 Å². The first kappa shape index (κ1) is 17.7. The summed E-state index contributed by atoms with van der Waals surface area (Å²) in [5, 5.41) is 9.00. The van der Waals surface area contributed by atoms with Crippen LogP contribution in [0.15, 0.2) is 53.4 Å². The maximum Gasteiger partial charge on any atom is 0.243 e. The maximum atomic E-state index is 12.8. The molecule has 2 heterocycles. The summed E-state index contributed by atoms with van der Waals surface area (Å²) in [7, 11) is -3.54. The predicted molar refractivity (Wildman–Crippen MR) is 97.9 cm³/mol. The number of nitrogens with zero attached hydrogens (tertiary/aromatic N) is 2. The first-order chi connectivity index (χ1) is 12.9. The second-order valence-electron chi connectivity index (χ2n) is 6.92. The van der Waals surface area contributed by atoms with E-state index in [0.717, 1.165) is 0 Å². The van der Waals surface area contributed by atoms with Gasteiger partial charge in [0.1, 0.15) is 11.4 Å². The van der Waals surface area contributed by atoms with Gasteiger partial charge in [0.2, 0.25) is 10.0 Å². The van der Waals surface area contributed by atoms with Crippen molar-refractivity contribution in [2.45, 2.75) is 29.8 Å².